The molecule has 13 nitrogen and oxygen atoms in total. The molecule has 8 rings (SSSR count). The first-order chi connectivity index (χ1) is 25.5. The minimum absolute atomic E-state index is 0.152. The average Bonchev–Trinajstić information content (AvgIpc) is 3.74. The van der Waals surface area contributed by atoms with Crippen LogP contribution in [-0.2, 0) is 34.5 Å². The van der Waals surface area contributed by atoms with Gasteiger partial charge in [-0.15, -0.1) is 11.3 Å². The van der Waals surface area contributed by atoms with E-state index in [2.05, 4.69) is 21.2 Å². The number of nitrogens with zero attached hydrogens (tertiary/aromatic N) is 4. The number of amides is 3. The zero-order chi connectivity index (χ0) is 37.2. The minimum Gasteiger partial charge on any atom is -0.496 e. The normalized spacial score (nSPS) is 19.7. The quantitative estimate of drug-likeness (QED) is 0.209. The molecule has 0 bridgehead atoms. The first-order valence-corrected chi connectivity index (χ1v) is 18.5. The smallest absolute Gasteiger partial charge is 0.348 e. The molecule has 276 valence electrons. The lowest BCUT2D eigenvalue weighted by Gasteiger charge is -2.55. The van der Waals surface area contributed by atoms with Gasteiger partial charge in [0.2, 0.25) is 11.8 Å². The molecule has 1 spiro atoms. The van der Waals surface area contributed by atoms with Gasteiger partial charge in [0, 0.05) is 68.1 Å². The Hall–Kier alpha value is -5.21. The third kappa shape index (κ3) is 6.03. The fraction of sp³-hybridized carbons (Fsp3) is 0.410. The van der Waals surface area contributed by atoms with Crippen LogP contribution in [0.25, 0.3) is 21.2 Å². The maximum absolute atomic E-state index is 13.4. The van der Waals surface area contributed by atoms with Crippen molar-refractivity contribution in [1.29, 1.82) is 0 Å². The Morgan fingerprint density at radius 3 is 2.34 bits per heavy atom. The third-order valence-corrected chi connectivity index (χ3v) is 12.5. The number of imide groups is 1. The van der Waals surface area contributed by atoms with Gasteiger partial charge in [0.05, 0.1) is 37.0 Å². The number of fused-ring (bicyclic) bond motifs is 2. The van der Waals surface area contributed by atoms with Crippen LogP contribution in [0.5, 0.6) is 11.5 Å². The van der Waals surface area contributed by atoms with E-state index < -0.39 is 17.9 Å². The lowest BCUT2D eigenvalue weighted by atomic mass is 9.71. The predicted octanol–water partition coefficient (Wildman–Crippen LogP) is 3.93. The summed E-state index contributed by atoms with van der Waals surface area (Å²) in [5.41, 5.74) is 5.13. The maximum Gasteiger partial charge on any atom is 0.348 e. The van der Waals surface area contributed by atoms with Crippen LogP contribution >= 0.6 is 11.3 Å². The van der Waals surface area contributed by atoms with Gasteiger partial charge in [0.25, 0.3) is 11.5 Å². The molecule has 0 radical (unpaired) electrons. The van der Waals surface area contributed by atoms with Crippen LogP contribution < -0.4 is 25.2 Å². The summed E-state index contributed by atoms with van der Waals surface area (Å²) in [5.74, 6) is 0.0436. The van der Waals surface area contributed by atoms with E-state index in [1.54, 1.807) is 38.4 Å². The molecule has 2 aromatic heterocycles. The van der Waals surface area contributed by atoms with E-state index in [1.807, 2.05) is 24.3 Å². The van der Waals surface area contributed by atoms with Crippen molar-refractivity contribution in [2.24, 2.45) is 12.5 Å². The molecule has 3 amide bonds. The van der Waals surface area contributed by atoms with Crippen molar-refractivity contribution in [2.75, 3.05) is 52.4 Å². The second-order valence-corrected chi connectivity index (χ2v) is 15.6. The highest BCUT2D eigenvalue weighted by Crippen LogP contribution is 2.45. The van der Waals surface area contributed by atoms with Crippen molar-refractivity contribution in [1.82, 2.24) is 19.7 Å². The van der Waals surface area contributed by atoms with Gasteiger partial charge >= 0.3 is 5.97 Å². The molecule has 2 aromatic carbocycles. The maximum atomic E-state index is 13.4. The van der Waals surface area contributed by atoms with Crippen LogP contribution in [-0.4, -0.2) is 91.6 Å². The molecular weight excluding hydrogens is 699 g/mol. The first-order valence-electron chi connectivity index (χ1n) is 17.7. The molecule has 6 heterocycles. The monoisotopic (exact) mass is 739 g/mol. The third-order valence-electron chi connectivity index (χ3n) is 11.4. The summed E-state index contributed by atoms with van der Waals surface area (Å²) in [7, 11) is 6.31. The van der Waals surface area contributed by atoms with Crippen molar-refractivity contribution >= 4 is 50.8 Å². The van der Waals surface area contributed by atoms with Crippen molar-refractivity contribution in [3.8, 4) is 22.6 Å². The van der Waals surface area contributed by atoms with Gasteiger partial charge in [-0.1, -0.05) is 6.07 Å². The number of likely N-dealkylation sites (tertiary alicyclic amines) is 1. The van der Waals surface area contributed by atoms with E-state index >= 15 is 0 Å². The number of hydrogen-bond donors (Lipinski definition) is 1. The molecule has 53 heavy (non-hydrogen) atoms. The topological polar surface area (TPSA) is 140 Å². The van der Waals surface area contributed by atoms with E-state index in [9.17, 15) is 24.0 Å². The van der Waals surface area contributed by atoms with E-state index in [4.69, 9.17) is 14.2 Å². The number of thiophene rings is 1. The summed E-state index contributed by atoms with van der Waals surface area (Å²) >= 11 is 1.23. The first kappa shape index (κ1) is 34.9. The Labute approximate surface area is 310 Å². The van der Waals surface area contributed by atoms with Crippen LogP contribution in [0.1, 0.15) is 56.8 Å². The van der Waals surface area contributed by atoms with Gasteiger partial charge in [-0.3, -0.25) is 29.4 Å². The molecule has 3 fully saturated rings. The molecule has 3 saturated heterocycles. The molecule has 1 atom stereocenters. The highest BCUT2D eigenvalue weighted by Gasteiger charge is 2.46. The number of methoxy groups -OCH3 is 3. The molecule has 1 unspecified atom stereocenters. The van der Waals surface area contributed by atoms with Crippen LogP contribution in [0.2, 0.25) is 0 Å². The van der Waals surface area contributed by atoms with E-state index in [0.29, 0.717) is 51.5 Å². The molecule has 4 aliphatic rings. The van der Waals surface area contributed by atoms with E-state index in [1.165, 1.54) is 23.0 Å². The predicted molar refractivity (Wildman–Crippen MR) is 199 cm³/mol. The van der Waals surface area contributed by atoms with Gasteiger partial charge < -0.3 is 28.6 Å². The Kier molecular flexibility index (Phi) is 8.77. The van der Waals surface area contributed by atoms with Gasteiger partial charge in [-0.25, -0.2) is 4.79 Å². The Morgan fingerprint density at radius 1 is 0.962 bits per heavy atom. The number of rotatable bonds is 8. The summed E-state index contributed by atoms with van der Waals surface area (Å²) in [6.45, 7) is 4.69. The number of esters is 1. The number of benzene rings is 2. The van der Waals surface area contributed by atoms with Crippen LogP contribution in [0.3, 0.4) is 0 Å². The van der Waals surface area contributed by atoms with Crippen molar-refractivity contribution < 1.29 is 33.4 Å². The molecular formula is C39H41N5O8S. The number of carbonyl (C=O) groups excluding carboxylic acids is 4. The van der Waals surface area contributed by atoms with E-state index in [-0.39, 0.29) is 29.2 Å². The summed E-state index contributed by atoms with van der Waals surface area (Å²) in [5, 5.41) is 2.82. The van der Waals surface area contributed by atoms with Crippen molar-refractivity contribution in [3.63, 3.8) is 0 Å². The summed E-state index contributed by atoms with van der Waals surface area (Å²) < 4.78 is 19.0. The lowest BCUT2D eigenvalue weighted by Crippen LogP contribution is -2.60. The molecule has 0 aliphatic carbocycles. The van der Waals surface area contributed by atoms with Crippen molar-refractivity contribution in [3.05, 3.63) is 74.5 Å². The number of hydrogen-bond acceptors (Lipinski definition) is 11. The molecule has 1 N–H and O–H groups in total. The number of carbonyl (C=O) groups is 4. The van der Waals surface area contributed by atoms with E-state index in [0.717, 1.165) is 67.0 Å². The minimum atomic E-state index is -0.619. The highest BCUT2D eigenvalue weighted by molar-refractivity contribution is 7.21. The molecule has 4 aromatic rings. The average molecular weight is 740 g/mol. The van der Waals surface area contributed by atoms with Crippen LogP contribution in [0.4, 0.5) is 5.69 Å². The number of aryl methyl sites for hydroxylation is 1. The highest BCUT2D eigenvalue weighted by atomic mass is 32.1. The SMILES string of the molecule is COC(=O)c1cc2c(=O)n(C)cc(-c3cc(OC)c(CN4CCC5(CC4)CN(c4ccc6c(c4)C(=O)N(C4CCC(=O)NC4=O)C6)C5)c(OC)c3)c2s1. The van der Waals surface area contributed by atoms with Gasteiger partial charge in [-0.05, 0) is 73.8 Å². The van der Waals surface area contributed by atoms with Gasteiger partial charge in [0.15, 0.2) is 0 Å². The van der Waals surface area contributed by atoms with Crippen molar-refractivity contribution in [2.45, 2.75) is 44.8 Å². The molecule has 14 heteroatoms. The molecule has 4 aliphatic heterocycles. The standard InChI is InChI=1S/C39H41N5O8S/c1-41-18-27(34-26(36(41)47)16-32(53-34)38(49)52-4)23-13-30(50-2)28(31(14-23)51-3)19-42-11-9-39(10-12-42)20-43(21-39)24-6-5-22-17-44(37(48)25(22)15-24)29-7-8-33(45)40-35(29)46/h5-6,13-16,18,29H,7-12,17,19-21H2,1-4H3,(H,40,45,46). The fourth-order valence-corrected chi connectivity index (χ4v) is 9.46. The number of nitrogens with one attached hydrogen (secondary N) is 1. The zero-order valence-electron chi connectivity index (χ0n) is 30.2. The Balaban J connectivity index is 0.940. The second-order valence-electron chi connectivity index (χ2n) is 14.5. The zero-order valence-corrected chi connectivity index (χ0v) is 31.0. The Bertz CT molecular complexity index is 2220. The summed E-state index contributed by atoms with van der Waals surface area (Å²) in [6, 6.07) is 10.9. The summed E-state index contributed by atoms with van der Waals surface area (Å²) in [6.07, 6.45) is 4.44. The van der Waals surface area contributed by atoms with Crippen LogP contribution in [0.15, 0.2) is 47.4 Å². The largest absolute Gasteiger partial charge is 0.496 e. The van der Waals surface area contributed by atoms with Gasteiger partial charge in [0.1, 0.15) is 22.4 Å². The molecule has 0 saturated carbocycles. The fourth-order valence-electron chi connectivity index (χ4n) is 8.36. The Morgan fingerprint density at radius 2 is 1.68 bits per heavy atom. The second kappa shape index (κ2) is 13.3. The summed E-state index contributed by atoms with van der Waals surface area (Å²) in [4.78, 5) is 69.5. The number of aromatic nitrogens is 1. The van der Waals surface area contributed by atoms with Crippen LogP contribution in [0, 0.1) is 5.41 Å². The number of piperidine rings is 2. The number of pyridine rings is 1. The lowest BCUT2D eigenvalue weighted by molar-refractivity contribution is -0.136. The number of anilines is 1. The number of ether oxygens (including phenoxy) is 3. The van der Waals surface area contributed by atoms with Gasteiger partial charge in [-0.2, -0.15) is 0 Å².